The Morgan fingerprint density at radius 3 is 2.52 bits per heavy atom. The highest BCUT2D eigenvalue weighted by molar-refractivity contribution is 9.10. The lowest BCUT2D eigenvalue weighted by molar-refractivity contribution is 0.264. The molecular weight excluding hydrogens is 457 g/mol. The van der Waals surface area contributed by atoms with Crippen LogP contribution >= 0.6 is 15.9 Å². The summed E-state index contributed by atoms with van der Waals surface area (Å²) >= 11 is 3.60. The fraction of sp³-hybridized carbons (Fsp3) is 0.154. The standard InChI is InChI=1S/C26H23BrFNO2/c1-2-30-25-15-18(16-29-24-13-7-10-19-8-3-5-11-21(19)24)14-22(27)26(25)31-17-20-9-4-6-12-23(20)28/h3-15,29H,2,16-17H2,1H3. The largest absolute Gasteiger partial charge is 0.490 e. The molecule has 0 saturated heterocycles. The van der Waals surface area contributed by atoms with E-state index in [2.05, 4.69) is 45.5 Å². The van der Waals surface area contributed by atoms with Crippen LogP contribution in [0.15, 0.2) is 83.3 Å². The number of halogens is 2. The van der Waals surface area contributed by atoms with Gasteiger partial charge in [0.2, 0.25) is 0 Å². The summed E-state index contributed by atoms with van der Waals surface area (Å²) in [6, 6.07) is 25.1. The van der Waals surface area contributed by atoms with E-state index in [0.29, 0.717) is 30.2 Å². The summed E-state index contributed by atoms with van der Waals surface area (Å²) in [6.45, 7) is 3.18. The van der Waals surface area contributed by atoms with Crippen molar-refractivity contribution in [2.45, 2.75) is 20.1 Å². The van der Waals surface area contributed by atoms with Crippen LogP contribution in [0.1, 0.15) is 18.1 Å². The van der Waals surface area contributed by atoms with Crippen molar-refractivity contribution in [1.82, 2.24) is 0 Å². The topological polar surface area (TPSA) is 30.5 Å². The zero-order chi connectivity index (χ0) is 21.6. The third kappa shape index (κ3) is 5.00. The van der Waals surface area contributed by atoms with E-state index in [1.54, 1.807) is 18.2 Å². The number of nitrogens with one attached hydrogen (secondary N) is 1. The zero-order valence-corrected chi connectivity index (χ0v) is 18.8. The molecule has 0 heterocycles. The van der Waals surface area contributed by atoms with Gasteiger partial charge in [0.05, 0.1) is 11.1 Å². The van der Waals surface area contributed by atoms with E-state index in [9.17, 15) is 4.39 Å². The molecule has 31 heavy (non-hydrogen) atoms. The molecule has 5 heteroatoms. The Morgan fingerprint density at radius 2 is 1.68 bits per heavy atom. The Labute approximate surface area is 189 Å². The van der Waals surface area contributed by atoms with E-state index < -0.39 is 0 Å². The number of fused-ring (bicyclic) bond motifs is 1. The van der Waals surface area contributed by atoms with E-state index in [1.807, 2.05) is 37.3 Å². The summed E-state index contributed by atoms with van der Waals surface area (Å²) in [6.07, 6.45) is 0. The normalized spacial score (nSPS) is 10.8. The molecule has 0 amide bonds. The smallest absolute Gasteiger partial charge is 0.175 e. The SMILES string of the molecule is CCOc1cc(CNc2cccc3ccccc23)cc(Br)c1OCc1ccccc1F. The molecule has 0 aromatic heterocycles. The molecule has 158 valence electrons. The van der Waals surface area contributed by atoms with Crippen molar-refractivity contribution in [3.63, 3.8) is 0 Å². The van der Waals surface area contributed by atoms with Crippen LogP contribution in [0, 0.1) is 5.82 Å². The minimum Gasteiger partial charge on any atom is -0.490 e. The third-order valence-electron chi connectivity index (χ3n) is 4.97. The molecule has 0 atom stereocenters. The lowest BCUT2D eigenvalue weighted by Crippen LogP contribution is -2.05. The maximum absolute atomic E-state index is 13.9. The highest BCUT2D eigenvalue weighted by atomic mass is 79.9. The summed E-state index contributed by atoms with van der Waals surface area (Å²) in [5, 5.41) is 5.89. The Kier molecular flexibility index (Phi) is 6.73. The van der Waals surface area contributed by atoms with Crippen molar-refractivity contribution >= 4 is 32.4 Å². The molecular formula is C26H23BrFNO2. The highest BCUT2D eigenvalue weighted by Gasteiger charge is 2.14. The minimum atomic E-state index is -0.285. The predicted octanol–water partition coefficient (Wildman–Crippen LogP) is 7.33. The monoisotopic (exact) mass is 479 g/mol. The van der Waals surface area contributed by atoms with Crippen LogP contribution in [0.2, 0.25) is 0 Å². The van der Waals surface area contributed by atoms with Gasteiger partial charge >= 0.3 is 0 Å². The molecule has 0 radical (unpaired) electrons. The number of anilines is 1. The van der Waals surface area contributed by atoms with Gasteiger partial charge in [-0.15, -0.1) is 0 Å². The molecule has 0 aliphatic carbocycles. The fourth-order valence-corrected chi connectivity index (χ4v) is 4.07. The lowest BCUT2D eigenvalue weighted by atomic mass is 10.1. The molecule has 4 aromatic carbocycles. The molecule has 0 unspecified atom stereocenters. The van der Waals surface area contributed by atoms with E-state index in [4.69, 9.17) is 9.47 Å². The van der Waals surface area contributed by atoms with Crippen molar-refractivity contribution in [2.75, 3.05) is 11.9 Å². The second-order valence-corrected chi connectivity index (χ2v) is 7.95. The number of rotatable bonds is 8. The summed E-state index contributed by atoms with van der Waals surface area (Å²) in [5.74, 6) is 0.912. The van der Waals surface area contributed by atoms with Crippen molar-refractivity contribution in [3.8, 4) is 11.5 Å². The summed E-state index contributed by atoms with van der Waals surface area (Å²) in [5.41, 5.74) is 2.62. The van der Waals surface area contributed by atoms with Crippen molar-refractivity contribution < 1.29 is 13.9 Å². The van der Waals surface area contributed by atoms with Gasteiger partial charge in [-0.1, -0.05) is 54.6 Å². The summed E-state index contributed by atoms with van der Waals surface area (Å²) in [4.78, 5) is 0. The first-order valence-electron chi connectivity index (χ1n) is 10.2. The van der Waals surface area contributed by atoms with Crippen LogP contribution in [0.25, 0.3) is 10.8 Å². The van der Waals surface area contributed by atoms with Crippen LogP contribution in [0.3, 0.4) is 0 Å². The summed E-state index contributed by atoms with van der Waals surface area (Å²) < 4.78 is 26.5. The van der Waals surface area contributed by atoms with E-state index in [-0.39, 0.29) is 12.4 Å². The average molecular weight is 480 g/mol. The third-order valence-corrected chi connectivity index (χ3v) is 5.56. The van der Waals surface area contributed by atoms with E-state index in [0.717, 1.165) is 15.7 Å². The lowest BCUT2D eigenvalue weighted by Gasteiger charge is -2.17. The second-order valence-electron chi connectivity index (χ2n) is 7.10. The maximum Gasteiger partial charge on any atom is 0.175 e. The van der Waals surface area contributed by atoms with Crippen molar-refractivity contribution in [3.05, 3.63) is 100 Å². The highest BCUT2D eigenvalue weighted by Crippen LogP contribution is 2.38. The van der Waals surface area contributed by atoms with Crippen molar-refractivity contribution in [2.24, 2.45) is 0 Å². The predicted molar refractivity (Wildman–Crippen MR) is 127 cm³/mol. The van der Waals surface area contributed by atoms with Gasteiger partial charge in [0, 0.05) is 23.2 Å². The van der Waals surface area contributed by atoms with Gasteiger partial charge in [0.15, 0.2) is 11.5 Å². The zero-order valence-electron chi connectivity index (χ0n) is 17.2. The first-order valence-corrected chi connectivity index (χ1v) is 11.0. The number of benzene rings is 4. The van der Waals surface area contributed by atoms with Crippen LogP contribution in [0.4, 0.5) is 10.1 Å². The second kappa shape index (κ2) is 9.84. The van der Waals surface area contributed by atoms with Crippen LogP contribution < -0.4 is 14.8 Å². The van der Waals surface area contributed by atoms with Gasteiger partial charge in [-0.05, 0) is 58.1 Å². The fourth-order valence-electron chi connectivity index (χ4n) is 3.47. The Bertz CT molecular complexity index is 1190. The molecule has 3 nitrogen and oxygen atoms in total. The maximum atomic E-state index is 13.9. The molecule has 0 spiro atoms. The van der Waals surface area contributed by atoms with Gasteiger partial charge < -0.3 is 14.8 Å². The molecule has 0 bridgehead atoms. The molecule has 4 rings (SSSR count). The molecule has 0 aliphatic heterocycles. The van der Waals surface area contributed by atoms with E-state index in [1.165, 1.54) is 16.8 Å². The number of ether oxygens (including phenoxy) is 2. The summed E-state index contributed by atoms with van der Waals surface area (Å²) in [7, 11) is 0. The average Bonchev–Trinajstić information content (AvgIpc) is 2.78. The Hall–Kier alpha value is -3.05. The first-order chi connectivity index (χ1) is 15.2. The molecule has 0 fully saturated rings. The van der Waals surface area contributed by atoms with Crippen LogP contribution in [-0.4, -0.2) is 6.61 Å². The van der Waals surface area contributed by atoms with E-state index >= 15 is 0 Å². The molecule has 0 aliphatic rings. The minimum absolute atomic E-state index is 0.124. The number of hydrogen-bond acceptors (Lipinski definition) is 3. The van der Waals surface area contributed by atoms with Crippen molar-refractivity contribution in [1.29, 1.82) is 0 Å². The number of hydrogen-bond donors (Lipinski definition) is 1. The van der Waals surface area contributed by atoms with Gasteiger partial charge in [0.25, 0.3) is 0 Å². The first kappa shape index (κ1) is 21.2. The van der Waals surface area contributed by atoms with Gasteiger partial charge in [-0.3, -0.25) is 0 Å². The van der Waals surface area contributed by atoms with Gasteiger partial charge in [0.1, 0.15) is 12.4 Å². The Morgan fingerprint density at radius 1 is 0.903 bits per heavy atom. The van der Waals surface area contributed by atoms with Crippen LogP contribution in [-0.2, 0) is 13.2 Å². The molecule has 4 aromatic rings. The van der Waals surface area contributed by atoms with Crippen LogP contribution in [0.5, 0.6) is 11.5 Å². The Balaban J connectivity index is 1.54. The molecule has 0 saturated carbocycles. The van der Waals surface area contributed by atoms with Gasteiger partial charge in [-0.25, -0.2) is 4.39 Å². The quantitative estimate of drug-likeness (QED) is 0.286. The van der Waals surface area contributed by atoms with Gasteiger partial charge in [-0.2, -0.15) is 0 Å². The molecule has 1 N–H and O–H groups in total.